The van der Waals surface area contributed by atoms with E-state index < -0.39 is 0 Å². The molecule has 1 amide bonds. The monoisotopic (exact) mass is 306 g/mol. The summed E-state index contributed by atoms with van der Waals surface area (Å²) in [4.78, 5) is 16.2. The smallest absolute Gasteiger partial charge is 0.244 e. The Kier molecular flexibility index (Phi) is 3.87. The van der Waals surface area contributed by atoms with Crippen LogP contribution in [-0.4, -0.2) is 22.9 Å². The van der Waals surface area contributed by atoms with Crippen LogP contribution in [0.2, 0.25) is 0 Å². The molecule has 0 radical (unpaired) electrons. The summed E-state index contributed by atoms with van der Waals surface area (Å²) in [6.07, 6.45) is 2.08. The third kappa shape index (κ3) is 2.64. The van der Waals surface area contributed by atoms with Crippen LogP contribution in [-0.2, 0) is 4.79 Å². The van der Waals surface area contributed by atoms with E-state index in [4.69, 9.17) is 0 Å². The SMILES string of the molecule is CC(C)C(CN1C(=O)C2(CC2)NC1c1cccs1)C(C)C. The van der Waals surface area contributed by atoms with Crippen molar-refractivity contribution >= 4 is 17.2 Å². The first-order chi connectivity index (χ1) is 9.94. The normalized spacial score (nSPS) is 24.0. The number of carbonyl (C=O) groups excluding carboxylic acids is 1. The maximum Gasteiger partial charge on any atom is 0.244 e. The number of hydrogen-bond donors (Lipinski definition) is 1. The predicted molar refractivity (Wildman–Crippen MR) is 87.0 cm³/mol. The molecule has 21 heavy (non-hydrogen) atoms. The van der Waals surface area contributed by atoms with Crippen LogP contribution in [0.25, 0.3) is 0 Å². The predicted octanol–water partition coefficient (Wildman–Crippen LogP) is 3.64. The summed E-state index contributed by atoms with van der Waals surface area (Å²) >= 11 is 1.74. The van der Waals surface area contributed by atoms with E-state index in [1.54, 1.807) is 11.3 Å². The lowest BCUT2D eigenvalue weighted by Crippen LogP contribution is -2.38. The minimum Gasteiger partial charge on any atom is -0.320 e. The summed E-state index contributed by atoms with van der Waals surface area (Å²) in [6, 6.07) is 4.22. The van der Waals surface area contributed by atoms with E-state index in [0.29, 0.717) is 23.7 Å². The molecule has 116 valence electrons. The van der Waals surface area contributed by atoms with Gasteiger partial charge in [0.25, 0.3) is 0 Å². The van der Waals surface area contributed by atoms with Crippen LogP contribution >= 0.6 is 11.3 Å². The molecule has 1 aliphatic carbocycles. The van der Waals surface area contributed by atoms with Gasteiger partial charge < -0.3 is 4.90 Å². The van der Waals surface area contributed by atoms with Crippen molar-refractivity contribution in [3.63, 3.8) is 0 Å². The van der Waals surface area contributed by atoms with Crippen LogP contribution in [0.4, 0.5) is 0 Å². The average Bonchev–Trinajstić information content (AvgIpc) is 2.90. The van der Waals surface area contributed by atoms with Crippen LogP contribution in [0.5, 0.6) is 0 Å². The number of hydrogen-bond acceptors (Lipinski definition) is 3. The van der Waals surface area contributed by atoms with Gasteiger partial charge in [-0.05, 0) is 42.0 Å². The highest BCUT2D eigenvalue weighted by Gasteiger charge is 2.59. The third-order valence-electron chi connectivity index (χ3n) is 5.08. The Hall–Kier alpha value is -0.870. The van der Waals surface area contributed by atoms with Crippen molar-refractivity contribution in [2.75, 3.05) is 6.54 Å². The van der Waals surface area contributed by atoms with E-state index in [-0.39, 0.29) is 11.7 Å². The van der Waals surface area contributed by atoms with Crippen molar-refractivity contribution in [2.45, 2.75) is 52.2 Å². The minimum absolute atomic E-state index is 0.0833. The standard InChI is InChI=1S/C17H26N2OS/c1-11(2)13(12(3)4)10-19-15(14-6-5-9-21-14)18-17(7-8-17)16(19)20/h5-6,9,11-13,15,18H,7-8,10H2,1-4H3. The number of amides is 1. The van der Waals surface area contributed by atoms with Crippen LogP contribution in [0.3, 0.4) is 0 Å². The first kappa shape index (κ1) is 15.0. The maximum atomic E-state index is 12.8. The Labute approximate surface area is 131 Å². The first-order valence-electron chi connectivity index (χ1n) is 8.07. The molecule has 2 aliphatic rings. The summed E-state index contributed by atoms with van der Waals surface area (Å²) < 4.78 is 0. The van der Waals surface area contributed by atoms with E-state index in [9.17, 15) is 4.79 Å². The molecule has 0 bridgehead atoms. The van der Waals surface area contributed by atoms with E-state index in [2.05, 4.69) is 55.4 Å². The molecule has 1 atom stereocenters. The van der Waals surface area contributed by atoms with Gasteiger partial charge in [0.2, 0.25) is 5.91 Å². The largest absolute Gasteiger partial charge is 0.320 e. The van der Waals surface area contributed by atoms with Gasteiger partial charge in [0.05, 0.1) is 0 Å². The number of carbonyl (C=O) groups is 1. The molecular formula is C17H26N2OS. The van der Waals surface area contributed by atoms with Gasteiger partial charge in [0.1, 0.15) is 11.7 Å². The summed E-state index contributed by atoms with van der Waals surface area (Å²) in [5.41, 5.74) is -0.229. The molecule has 1 aliphatic heterocycles. The van der Waals surface area contributed by atoms with Crippen molar-refractivity contribution in [2.24, 2.45) is 17.8 Å². The Bertz CT molecular complexity index is 497. The van der Waals surface area contributed by atoms with Crippen LogP contribution in [0.15, 0.2) is 17.5 Å². The van der Waals surface area contributed by atoms with Gasteiger partial charge in [-0.1, -0.05) is 33.8 Å². The number of nitrogens with one attached hydrogen (secondary N) is 1. The molecule has 1 aromatic rings. The van der Waals surface area contributed by atoms with Crippen molar-refractivity contribution in [3.05, 3.63) is 22.4 Å². The van der Waals surface area contributed by atoms with Crippen molar-refractivity contribution < 1.29 is 4.79 Å². The summed E-state index contributed by atoms with van der Waals surface area (Å²) in [7, 11) is 0. The highest BCUT2D eigenvalue weighted by Crippen LogP contribution is 2.47. The average molecular weight is 306 g/mol. The van der Waals surface area contributed by atoms with Crippen LogP contribution < -0.4 is 5.32 Å². The molecule has 3 nitrogen and oxygen atoms in total. The Balaban J connectivity index is 1.84. The van der Waals surface area contributed by atoms with Crippen molar-refractivity contribution in [3.8, 4) is 0 Å². The van der Waals surface area contributed by atoms with E-state index in [1.165, 1.54) is 4.88 Å². The Morgan fingerprint density at radius 2 is 2.00 bits per heavy atom. The highest BCUT2D eigenvalue weighted by molar-refractivity contribution is 7.10. The lowest BCUT2D eigenvalue weighted by Gasteiger charge is -2.32. The van der Waals surface area contributed by atoms with Crippen molar-refractivity contribution in [1.82, 2.24) is 10.2 Å². The minimum atomic E-state index is -0.229. The molecular weight excluding hydrogens is 280 g/mol. The molecule has 4 heteroatoms. The fraction of sp³-hybridized carbons (Fsp3) is 0.706. The van der Waals surface area contributed by atoms with Crippen LogP contribution in [0, 0.1) is 17.8 Å². The fourth-order valence-corrected chi connectivity index (χ4v) is 4.34. The Morgan fingerprint density at radius 3 is 2.48 bits per heavy atom. The molecule has 1 saturated carbocycles. The second-order valence-corrected chi connectivity index (χ2v) is 8.23. The van der Waals surface area contributed by atoms with Gasteiger partial charge >= 0.3 is 0 Å². The quantitative estimate of drug-likeness (QED) is 0.901. The number of rotatable bonds is 5. The summed E-state index contributed by atoms with van der Waals surface area (Å²) in [5.74, 6) is 2.06. The molecule has 1 aromatic heterocycles. The zero-order valence-electron chi connectivity index (χ0n) is 13.4. The lowest BCUT2D eigenvalue weighted by molar-refractivity contribution is -0.131. The molecule has 3 rings (SSSR count). The molecule has 0 aromatic carbocycles. The zero-order valence-corrected chi connectivity index (χ0v) is 14.2. The van der Waals surface area contributed by atoms with Crippen LogP contribution in [0.1, 0.15) is 51.6 Å². The molecule has 1 N–H and O–H groups in total. The summed E-state index contributed by atoms with van der Waals surface area (Å²) in [6.45, 7) is 9.94. The molecule has 1 unspecified atom stereocenters. The first-order valence-corrected chi connectivity index (χ1v) is 8.95. The van der Waals surface area contributed by atoms with Gasteiger partial charge in [-0.2, -0.15) is 0 Å². The van der Waals surface area contributed by atoms with Gasteiger partial charge in [0, 0.05) is 11.4 Å². The molecule has 2 heterocycles. The zero-order chi connectivity index (χ0) is 15.2. The maximum absolute atomic E-state index is 12.8. The van der Waals surface area contributed by atoms with Gasteiger partial charge in [-0.25, -0.2) is 0 Å². The molecule has 2 fully saturated rings. The number of nitrogens with zero attached hydrogens (tertiary/aromatic N) is 1. The fourth-order valence-electron chi connectivity index (χ4n) is 3.56. The van der Waals surface area contributed by atoms with E-state index in [1.807, 2.05) is 0 Å². The van der Waals surface area contributed by atoms with Gasteiger partial charge in [-0.3, -0.25) is 10.1 Å². The van der Waals surface area contributed by atoms with Gasteiger partial charge in [-0.15, -0.1) is 11.3 Å². The van der Waals surface area contributed by atoms with Crippen molar-refractivity contribution in [1.29, 1.82) is 0 Å². The summed E-state index contributed by atoms with van der Waals surface area (Å²) in [5, 5.41) is 5.71. The van der Waals surface area contributed by atoms with Gasteiger partial charge in [0.15, 0.2) is 0 Å². The third-order valence-corrected chi connectivity index (χ3v) is 6.00. The second kappa shape index (κ2) is 5.40. The molecule has 1 saturated heterocycles. The molecule has 1 spiro atoms. The second-order valence-electron chi connectivity index (χ2n) is 7.25. The lowest BCUT2D eigenvalue weighted by atomic mass is 9.85. The van der Waals surface area contributed by atoms with E-state index in [0.717, 1.165) is 19.4 Å². The Morgan fingerprint density at radius 1 is 1.33 bits per heavy atom. The van der Waals surface area contributed by atoms with E-state index >= 15 is 0 Å². The topological polar surface area (TPSA) is 32.3 Å². The number of thiophene rings is 1. The highest BCUT2D eigenvalue weighted by atomic mass is 32.1.